The van der Waals surface area contributed by atoms with Crippen LogP contribution in [-0.4, -0.2) is 66.1 Å². The highest BCUT2D eigenvalue weighted by molar-refractivity contribution is 5.00. The minimum Gasteiger partial charge on any atom is -0.375 e. The van der Waals surface area contributed by atoms with Crippen molar-refractivity contribution in [1.29, 1.82) is 0 Å². The lowest BCUT2D eigenvalue weighted by molar-refractivity contribution is -0.00934. The second kappa shape index (κ2) is 9.08. The van der Waals surface area contributed by atoms with Gasteiger partial charge in [-0.15, -0.1) is 0 Å². The van der Waals surface area contributed by atoms with Crippen molar-refractivity contribution in [2.45, 2.75) is 85.7 Å². The molecule has 0 aliphatic carbocycles. The van der Waals surface area contributed by atoms with Gasteiger partial charge >= 0.3 is 0 Å². The van der Waals surface area contributed by atoms with Gasteiger partial charge < -0.3 is 9.80 Å². The van der Waals surface area contributed by atoms with Crippen LogP contribution in [0.4, 0.5) is 0 Å². The van der Waals surface area contributed by atoms with Gasteiger partial charge in [-0.2, -0.15) is 0 Å². The predicted octanol–water partition coefficient (Wildman–Crippen LogP) is 5.09. The van der Waals surface area contributed by atoms with Crippen LogP contribution in [0.25, 0.3) is 0 Å². The lowest BCUT2D eigenvalue weighted by Gasteiger charge is -2.50. The molecule has 3 aliphatic rings. The summed E-state index contributed by atoms with van der Waals surface area (Å²) in [7, 11) is 0. The van der Waals surface area contributed by atoms with Gasteiger partial charge in [0.2, 0.25) is 0 Å². The molecule has 0 saturated carbocycles. The predicted molar refractivity (Wildman–Crippen MR) is 121 cm³/mol. The molecule has 0 N–H and O–H groups in total. The molecule has 0 spiro atoms. The number of nitrogens with zero attached hydrogens (tertiary/aromatic N) is 3. The van der Waals surface area contributed by atoms with Gasteiger partial charge in [0.25, 0.3) is 0 Å². The molecule has 0 bridgehead atoms. The zero-order valence-electron chi connectivity index (χ0n) is 19.7. The largest absolute Gasteiger partial charge is 0.375 e. The maximum absolute atomic E-state index is 4.44. The summed E-state index contributed by atoms with van der Waals surface area (Å²) in [5.41, 5.74) is 1.74. The average molecular weight is 390 g/mol. The number of likely N-dealkylation sites (tertiary alicyclic amines) is 3. The van der Waals surface area contributed by atoms with Crippen LogP contribution in [0.5, 0.6) is 0 Å². The summed E-state index contributed by atoms with van der Waals surface area (Å²) in [5.74, 6) is 2.51. The molecule has 3 aliphatic heterocycles. The van der Waals surface area contributed by atoms with Gasteiger partial charge in [-0.1, -0.05) is 48.1 Å². The molecule has 0 amide bonds. The lowest BCUT2D eigenvalue weighted by Crippen LogP contribution is -2.57. The summed E-state index contributed by atoms with van der Waals surface area (Å²) in [6.07, 6.45) is 6.58. The Balaban J connectivity index is 1.36. The van der Waals surface area contributed by atoms with E-state index in [1.54, 1.807) is 0 Å². The average Bonchev–Trinajstić information content (AvgIpc) is 2.60. The quantitative estimate of drug-likeness (QED) is 0.626. The van der Waals surface area contributed by atoms with Crippen LogP contribution in [0, 0.1) is 23.2 Å². The zero-order valence-corrected chi connectivity index (χ0v) is 19.7. The van der Waals surface area contributed by atoms with Crippen LogP contribution in [0.15, 0.2) is 12.3 Å². The number of piperidine rings is 2. The molecule has 3 heteroatoms. The highest BCUT2D eigenvalue weighted by Crippen LogP contribution is 2.33. The molecule has 3 heterocycles. The molecule has 3 fully saturated rings. The monoisotopic (exact) mass is 389 g/mol. The molecular weight excluding hydrogens is 342 g/mol. The second-order valence-corrected chi connectivity index (χ2v) is 11.5. The molecule has 3 rings (SSSR count). The van der Waals surface area contributed by atoms with E-state index in [1.165, 1.54) is 70.6 Å². The molecule has 162 valence electrons. The van der Waals surface area contributed by atoms with Crippen molar-refractivity contribution in [2.24, 2.45) is 23.2 Å². The third-order valence-electron chi connectivity index (χ3n) is 8.34. The molecule has 0 radical (unpaired) electrons. The lowest BCUT2D eigenvalue weighted by atomic mass is 9.79. The number of rotatable bonds is 6. The van der Waals surface area contributed by atoms with Crippen molar-refractivity contribution in [1.82, 2.24) is 14.7 Å². The van der Waals surface area contributed by atoms with E-state index in [-0.39, 0.29) is 0 Å². The Morgan fingerprint density at radius 1 is 0.857 bits per heavy atom. The summed E-state index contributed by atoms with van der Waals surface area (Å²) in [6.45, 7) is 26.4. The third-order valence-corrected chi connectivity index (χ3v) is 8.34. The van der Waals surface area contributed by atoms with E-state index in [0.717, 1.165) is 30.3 Å². The maximum Gasteiger partial charge on any atom is 0.0189 e. The summed E-state index contributed by atoms with van der Waals surface area (Å²) in [5, 5.41) is 0. The van der Waals surface area contributed by atoms with Crippen LogP contribution in [0.1, 0.15) is 73.6 Å². The van der Waals surface area contributed by atoms with Crippen molar-refractivity contribution < 1.29 is 0 Å². The smallest absolute Gasteiger partial charge is 0.0189 e. The number of hydrogen-bond acceptors (Lipinski definition) is 3. The van der Waals surface area contributed by atoms with E-state index in [0.29, 0.717) is 11.3 Å². The molecule has 0 aromatic rings. The molecular formula is C25H47N3. The van der Waals surface area contributed by atoms with Crippen LogP contribution in [0.3, 0.4) is 0 Å². The van der Waals surface area contributed by atoms with E-state index in [9.17, 15) is 0 Å². The fraction of sp³-hybridized carbons (Fsp3) is 0.920. The maximum atomic E-state index is 4.44. The molecule has 28 heavy (non-hydrogen) atoms. The number of hydrogen-bond donors (Lipinski definition) is 0. The standard InChI is InChI=1S/C25H47N3/c1-19(2)22-17-28(18-22)24-10-14-27(15-11-24)23-8-12-26(13-9-23)21(4)16-20(3)25(5,6)7/h19-20,22-24H,4,8-18H2,1-3,5-7H3. The minimum atomic E-state index is 0.372. The van der Waals surface area contributed by atoms with E-state index in [4.69, 9.17) is 0 Å². The Morgan fingerprint density at radius 2 is 1.36 bits per heavy atom. The summed E-state index contributed by atoms with van der Waals surface area (Å²) in [6, 6.07) is 1.68. The fourth-order valence-corrected chi connectivity index (χ4v) is 5.22. The van der Waals surface area contributed by atoms with E-state index in [2.05, 4.69) is 62.8 Å². The Bertz CT molecular complexity index is 498. The van der Waals surface area contributed by atoms with Crippen molar-refractivity contribution in [3.05, 3.63) is 12.3 Å². The molecule has 0 aromatic carbocycles. The zero-order chi connectivity index (χ0) is 20.5. The van der Waals surface area contributed by atoms with Gasteiger partial charge in [-0.3, -0.25) is 4.90 Å². The minimum absolute atomic E-state index is 0.372. The highest BCUT2D eigenvalue weighted by atomic mass is 15.3. The van der Waals surface area contributed by atoms with Crippen LogP contribution >= 0.6 is 0 Å². The molecule has 0 aromatic heterocycles. The van der Waals surface area contributed by atoms with Crippen molar-refractivity contribution in [2.75, 3.05) is 39.3 Å². The summed E-state index contributed by atoms with van der Waals surface area (Å²) in [4.78, 5) is 8.16. The van der Waals surface area contributed by atoms with Gasteiger partial charge in [0.1, 0.15) is 0 Å². The highest BCUT2D eigenvalue weighted by Gasteiger charge is 2.36. The van der Waals surface area contributed by atoms with Gasteiger partial charge in [-0.25, -0.2) is 0 Å². The normalized spacial score (nSPS) is 25.9. The van der Waals surface area contributed by atoms with E-state index in [1.807, 2.05) is 0 Å². The number of allylic oxidation sites excluding steroid dienone is 1. The second-order valence-electron chi connectivity index (χ2n) is 11.5. The van der Waals surface area contributed by atoms with Crippen LogP contribution < -0.4 is 0 Å². The fourth-order valence-electron chi connectivity index (χ4n) is 5.22. The van der Waals surface area contributed by atoms with Gasteiger partial charge in [0, 0.05) is 44.0 Å². The Hall–Kier alpha value is -0.540. The van der Waals surface area contributed by atoms with E-state index < -0.39 is 0 Å². The van der Waals surface area contributed by atoms with Gasteiger partial charge in [0.05, 0.1) is 0 Å². The third kappa shape index (κ3) is 5.33. The van der Waals surface area contributed by atoms with Gasteiger partial charge in [-0.05, 0) is 68.4 Å². The van der Waals surface area contributed by atoms with Crippen LogP contribution in [-0.2, 0) is 0 Å². The first-order chi connectivity index (χ1) is 13.1. The molecule has 1 atom stereocenters. The topological polar surface area (TPSA) is 9.72 Å². The Morgan fingerprint density at radius 3 is 1.86 bits per heavy atom. The first kappa shape index (κ1) is 22.2. The summed E-state index contributed by atoms with van der Waals surface area (Å²) < 4.78 is 0. The molecule has 3 nitrogen and oxygen atoms in total. The Kier molecular flexibility index (Phi) is 7.18. The first-order valence-electron chi connectivity index (χ1n) is 12.1. The molecule has 3 saturated heterocycles. The van der Waals surface area contributed by atoms with Crippen molar-refractivity contribution in [3.8, 4) is 0 Å². The van der Waals surface area contributed by atoms with Gasteiger partial charge in [0.15, 0.2) is 0 Å². The molecule has 1 unspecified atom stereocenters. The Labute approximate surface area is 175 Å². The van der Waals surface area contributed by atoms with Crippen molar-refractivity contribution >= 4 is 0 Å². The SMILES string of the molecule is C=C(CC(C)C(C)(C)C)N1CCC(N2CCC(N3CC(C(C)C)C3)CC2)CC1. The van der Waals surface area contributed by atoms with Crippen LogP contribution in [0.2, 0.25) is 0 Å². The summed E-state index contributed by atoms with van der Waals surface area (Å²) >= 11 is 0. The first-order valence-corrected chi connectivity index (χ1v) is 12.1. The van der Waals surface area contributed by atoms with Crippen molar-refractivity contribution in [3.63, 3.8) is 0 Å². The van der Waals surface area contributed by atoms with E-state index >= 15 is 0 Å².